The molecule has 0 amide bonds. The van der Waals surface area contributed by atoms with Gasteiger partial charge >= 0.3 is 0 Å². The van der Waals surface area contributed by atoms with Crippen molar-refractivity contribution in [3.63, 3.8) is 0 Å². The SMILES string of the molecule is CCC(C)c1ccc(Oc2c(N)ccc(F)c2F)cc1. The predicted octanol–water partition coefficient (Wildman–Crippen LogP) is 4.85. The van der Waals surface area contributed by atoms with Gasteiger partial charge in [0.2, 0.25) is 5.82 Å². The molecule has 2 rings (SSSR count). The molecule has 0 fully saturated rings. The molecule has 1 atom stereocenters. The summed E-state index contributed by atoms with van der Waals surface area (Å²) in [5.41, 5.74) is 6.84. The Morgan fingerprint density at radius 3 is 2.35 bits per heavy atom. The van der Waals surface area contributed by atoms with E-state index >= 15 is 0 Å². The molecule has 20 heavy (non-hydrogen) atoms. The van der Waals surface area contributed by atoms with E-state index in [0.717, 1.165) is 12.5 Å². The largest absolute Gasteiger partial charge is 0.452 e. The number of nitrogens with two attached hydrogens (primary N) is 1. The molecule has 0 heterocycles. The summed E-state index contributed by atoms with van der Waals surface area (Å²) < 4.78 is 32.1. The van der Waals surface area contributed by atoms with Crippen LogP contribution in [0.1, 0.15) is 31.7 Å². The zero-order chi connectivity index (χ0) is 14.7. The number of benzene rings is 2. The first kappa shape index (κ1) is 14.3. The van der Waals surface area contributed by atoms with Gasteiger partial charge in [-0.3, -0.25) is 0 Å². The molecule has 0 aliphatic heterocycles. The molecule has 0 spiro atoms. The van der Waals surface area contributed by atoms with Crippen LogP contribution in [0.4, 0.5) is 14.5 Å². The molecule has 2 aromatic carbocycles. The van der Waals surface area contributed by atoms with Crippen LogP contribution in [0.5, 0.6) is 11.5 Å². The number of hydrogen-bond donors (Lipinski definition) is 1. The van der Waals surface area contributed by atoms with Gasteiger partial charge in [0.05, 0.1) is 5.69 Å². The lowest BCUT2D eigenvalue weighted by Gasteiger charge is -2.12. The van der Waals surface area contributed by atoms with Crippen LogP contribution >= 0.6 is 0 Å². The first-order chi connectivity index (χ1) is 9.52. The maximum absolute atomic E-state index is 13.6. The third-order valence-electron chi connectivity index (χ3n) is 3.36. The van der Waals surface area contributed by atoms with E-state index in [2.05, 4.69) is 13.8 Å². The summed E-state index contributed by atoms with van der Waals surface area (Å²) in [6.45, 7) is 4.23. The van der Waals surface area contributed by atoms with E-state index in [1.165, 1.54) is 11.6 Å². The Bertz CT molecular complexity index is 596. The van der Waals surface area contributed by atoms with E-state index in [0.29, 0.717) is 11.7 Å². The van der Waals surface area contributed by atoms with E-state index in [9.17, 15) is 8.78 Å². The molecule has 1 unspecified atom stereocenters. The maximum atomic E-state index is 13.6. The van der Waals surface area contributed by atoms with Crippen molar-refractivity contribution in [3.05, 3.63) is 53.6 Å². The monoisotopic (exact) mass is 277 g/mol. The van der Waals surface area contributed by atoms with Gasteiger partial charge in [-0.25, -0.2) is 4.39 Å². The van der Waals surface area contributed by atoms with Crippen LogP contribution in [0.3, 0.4) is 0 Å². The standard InChI is InChI=1S/C16H17F2NO/c1-3-10(2)11-4-6-12(7-5-11)20-16-14(19)9-8-13(17)15(16)18/h4-10H,3,19H2,1-2H3. The summed E-state index contributed by atoms with van der Waals surface area (Å²) in [5.74, 6) is -1.46. The maximum Gasteiger partial charge on any atom is 0.203 e. The van der Waals surface area contributed by atoms with Crippen LogP contribution in [0, 0.1) is 11.6 Å². The highest BCUT2D eigenvalue weighted by Gasteiger charge is 2.14. The average Bonchev–Trinajstić information content (AvgIpc) is 2.47. The second kappa shape index (κ2) is 5.90. The molecule has 0 saturated heterocycles. The normalized spacial score (nSPS) is 12.2. The van der Waals surface area contributed by atoms with E-state index in [1.807, 2.05) is 12.1 Å². The van der Waals surface area contributed by atoms with Crippen LogP contribution in [-0.2, 0) is 0 Å². The number of ether oxygens (including phenoxy) is 1. The third kappa shape index (κ3) is 2.90. The molecule has 0 radical (unpaired) electrons. The van der Waals surface area contributed by atoms with E-state index in [4.69, 9.17) is 10.5 Å². The lowest BCUT2D eigenvalue weighted by Crippen LogP contribution is -1.98. The molecule has 0 aliphatic carbocycles. The zero-order valence-corrected chi connectivity index (χ0v) is 11.5. The van der Waals surface area contributed by atoms with Gasteiger partial charge in [-0.05, 0) is 42.2 Å². The molecule has 2 nitrogen and oxygen atoms in total. The van der Waals surface area contributed by atoms with Crippen molar-refractivity contribution in [2.24, 2.45) is 0 Å². The minimum Gasteiger partial charge on any atom is -0.452 e. The fourth-order valence-corrected chi connectivity index (χ4v) is 1.87. The van der Waals surface area contributed by atoms with E-state index in [-0.39, 0.29) is 11.4 Å². The van der Waals surface area contributed by atoms with Gasteiger partial charge in [0.1, 0.15) is 5.75 Å². The minimum absolute atomic E-state index is 0.0647. The molecule has 2 N–H and O–H groups in total. The molecule has 0 aliphatic rings. The highest BCUT2D eigenvalue weighted by atomic mass is 19.2. The minimum atomic E-state index is -1.07. The fourth-order valence-electron chi connectivity index (χ4n) is 1.87. The van der Waals surface area contributed by atoms with Crippen molar-refractivity contribution < 1.29 is 13.5 Å². The first-order valence-corrected chi connectivity index (χ1v) is 6.54. The second-order valence-corrected chi connectivity index (χ2v) is 4.76. The van der Waals surface area contributed by atoms with Crippen LogP contribution < -0.4 is 10.5 Å². The smallest absolute Gasteiger partial charge is 0.203 e. The van der Waals surface area contributed by atoms with Crippen molar-refractivity contribution in [3.8, 4) is 11.5 Å². The highest BCUT2D eigenvalue weighted by Crippen LogP contribution is 2.32. The molecular formula is C16H17F2NO. The predicted molar refractivity (Wildman–Crippen MR) is 76.0 cm³/mol. The highest BCUT2D eigenvalue weighted by molar-refractivity contribution is 5.54. The Hall–Kier alpha value is -2.10. The lowest BCUT2D eigenvalue weighted by molar-refractivity contribution is 0.418. The molecule has 0 bridgehead atoms. The number of nitrogen functional groups attached to an aromatic ring is 1. The van der Waals surface area contributed by atoms with Gasteiger partial charge < -0.3 is 10.5 Å². The van der Waals surface area contributed by atoms with E-state index < -0.39 is 11.6 Å². The van der Waals surface area contributed by atoms with E-state index in [1.54, 1.807) is 12.1 Å². The Morgan fingerprint density at radius 1 is 1.10 bits per heavy atom. The molecule has 106 valence electrons. The Balaban J connectivity index is 2.25. The fraction of sp³-hybridized carbons (Fsp3) is 0.250. The molecule has 0 saturated carbocycles. The zero-order valence-electron chi connectivity index (χ0n) is 11.5. The number of hydrogen-bond acceptors (Lipinski definition) is 2. The average molecular weight is 277 g/mol. The Kier molecular flexibility index (Phi) is 4.23. The summed E-state index contributed by atoms with van der Waals surface area (Å²) in [7, 11) is 0. The third-order valence-corrected chi connectivity index (χ3v) is 3.36. The molecule has 4 heteroatoms. The van der Waals surface area contributed by atoms with Gasteiger partial charge in [0.15, 0.2) is 11.6 Å². The molecular weight excluding hydrogens is 260 g/mol. The molecule has 0 aromatic heterocycles. The second-order valence-electron chi connectivity index (χ2n) is 4.76. The van der Waals surface area contributed by atoms with Gasteiger partial charge in [-0.15, -0.1) is 0 Å². The van der Waals surface area contributed by atoms with Gasteiger partial charge in [0, 0.05) is 0 Å². The summed E-state index contributed by atoms with van der Waals surface area (Å²) in [6.07, 6.45) is 1.03. The number of halogens is 2. The number of anilines is 1. The summed E-state index contributed by atoms with van der Waals surface area (Å²) in [4.78, 5) is 0. The van der Waals surface area contributed by atoms with Crippen molar-refractivity contribution in [1.82, 2.24) is 0 Å². The summed E-state index contributed by atoms with van der Waals surface area (Å²) >= 11 is 0. The summed E-state index contributed by atoms with van der Waals surface area (Å²) in [5, 5.41) is 0. The van der Waals surface area contributed by atoms with Gasteiger partial charge in [-0.1, -0.05) is 26.0 Å². The Morgan fingerprint density at radius 2 is 1.75 bits per heavy atom. The van der Waals surface area contributed by atoms with Crippen molar-refractivity contribution >= 4 is 5.69 Å². The lowest BCUT2D eigenvalue weighted by atomic mass is 9.99. The van der Waals surface area contributed by atoms with Crippen molar-refractivity contribution in [2.45, 2.75) is 26.2 Å². The topological polar surface area (TPSA) is 35.2 Å². The van der Waals surface area contributed by atoms with Gasteiger partial charge in [-0.2, -0.15) is 4.39 Å². The first-order valence-electron chi connectivity index (χ1n) is 6.54. The quantitative estimate of drug-likeness (QED) is 0.810. The molecule has 2 aromatic rings. The Labute approximate surface area is 117 Å². The van der Waals surface area contributed by atoms with Crippen LogP contribution in [-0.4, -0.2) is 0 Å². The number of rotatable bonds is 4. The summed E-state index contributed by atoms with van der Waals surface area (Å²) in [6, 6.07) is 9.54. The van der Waals surface area contributed by atoms with Crippen LogP contribution in [0.2, 0.25) is 0 Å². The van der Waals surface area contributed by atoms with Crippen LogP contribution in [0.15, 0.2) is 36.4 Å². The van der Waals surface area contributed by atoms with Gasteiger partial charge in [0.25, 0.3) is 0 Å². The van der Waals surface area contributed by atoms with Crippen LogP contribution in [0.25, 0.3) is 0 Å². The van der Waals surface area contributed by atoms with Crippen molar-refractivity contribution in [2.75, 3.05) is 5.73 Å². The van der Waals surface area contributed by atoms with Crippen molar-refractivity contribution in [1.29, 1.82) is 0 Å².